The van der Waals surface area contributed by atoms with Crippen molar-refractivity contribution in [1.29, 1.82) is 0 Å². The lowest BCUT2D eigenvalue weighted by Crippen LogP contribution is -2.21. The molecule has 38 valence electrons. The molecule has 0 bridgehead atoms. The van der Waals surface area contributed by atoms with E-state index in [1.807, 2.05) is 6.92 Å². The van der Waals surface area contributed by atoms with E-state index in [4.69, 9.17) is 5.11 Å². The van der Waals surface area contributed by atoms with Crippen molar-refractivity contribution < 1.29 is 5.11 Å². The van der Waals surface area contributed by atoms with E-state index in [-0.39, 0.29) is 0 Å². The van der Waals surface area contributed by atoms with Gasteiger partial charge in [-0.1, -0.05) is 16.2 Å². The van der Waals surface area contributed by atoms with E-state index < -0.39 is 5.97 Å². The van der Waals surface area contributed by atoms with Crippen molar-refractivity contribution in [3.63, 3.8) is 0 Å². The van der Waals surface area contributed by atoms with Crippen LogP contribution in [0.3, 0.4) is 0 Å². The molecule has 0 aliphatic heterocycles. The van der Waals surface area contributed by atoms with E-state index in [9.17, 15) is 0 Å². The van der Waals surface area contributed by atoms with E-state index >= 15 is 0 Å². The molecule has 0 amide bonds. The van der Waals surface area contributed by atoms with Gasteiger partial charge >= 0.3 is 0 Å². The standard InChI is InChI=1S/C3H10NOP/c1-2-4-3(5)6/h3-5H,2,6H2,1H3. The van der Waals surface area contributed by atoms with Gasteiger partial charge in [0.15, 0.2) is 0 Å². The van der Waals surface area contributed by atoms with Gasteiger partial charge in [0.2, 0.25) is 0 Å². The molecular weight excluding hydrogens is 97.0 g/mol. The molecule has 0 aromatic rings. The summed E-state index contributed by atoms with van der Waals surface area (Å²) >= 11 is 0. The Labute approximate surface area is 40.1 Å². The minimum atomic E-state index is -0.435. The van der Waals surface area contributed by atoms with Crippen LogP contribution < -0.4 is 5.32 Å². The summed E-state index contributed by atoms with van der Waals surface area (Å²) in [6, 6.07) is 0. The highest BCUT2D eigenvalue weighted by Gasteiger charge is 1.83. The lowest BCUT2D eigenvalue weighted by molar-refractivity contribution is 0.227. The molecule has 0 saturated carbocycles. The number of aliphatic hydroxyl groups excluding tert-OH is 1. The van der Waals surface area contributed by atoms with Crippen molar-refractivity contribution in [1.82, 2.24) is 5.32 Å². The molecule has 2 nitrogen and oxygen atoms in total. The second kappa shape index (κ2) is 3.54. The second-order valence-corrected chi connectivity index (χ2v) is 1.63. The third-order valence-electron chi connectivity index (χ3n) is 0.413. The first kappa shape index (κ1) is 6.35. The number of hydrogen-bond donors (Lipinski definition) is 2. The Bertz CT molecular complexity index is 32.0. The first-order chi connectivity index (χ1) is 2.77. The van der Waals surface area contributed by atoms with Gasteiger partial charge in [0.1, 0.15) is 5.97 Å². The summed E-state index contributed by atoms with van der Waals surface area (Å²) in [5, 5.41) is 11.1. The fourth-order valence-electron chi connectivity index (χ4n) is 0.209. The molecule has 2 atom stereocenters. The smallest absolute Gasteiger partial charge is 0.118 e. The van der Waals surface area contributed by atoms with Crippen LogP contribution in [0, 0.1) is 0 Å². The van der Waals surface area contributed by atoms with Crippen LogP contribution in [0.4, 0.5) is 0 Å². The van der Waals surface area contributed by atoms with Crippen molar-refractivity contribution in [3.05, 3.63) is 0 Å². The molecule has 0 aliphatic carbocycles. The molecule has 0 fully saturated rings. The molecule has 6 heavy (non-hydrogen) atoms. The van der Waals surface area contributed by atoms with E-state index in [2.05, 4.69) is 14.6 Å². The molecule has 0 heterocycles. The fourth-order valence-corrected chi connectivity index (χ4v) is 0.445. The SMILES string of the molecule is CCNC(O)P. The monoisotopic (exact) mass is 107 g/mol. The average Bonchev–Trinajstić information content (AvgIpc) is 1.35. The van der Waals surface area contributed by atoms with Gasteiger partial charge in [-0.2, -0.15) is 0 Å². The van der Waals surface area contributed by atoms with Crippen LogP contribution in [0.2, 0.25) is 0 Å². The molecule has 0 saturated heterocycles. The second-order valence-electron chi connectivity index (χ2n) is 1.00. The van der Waals surface area contributed by atoms with Crippen molar-refractivity contribution in [2.75, 3.05) is 6.54 Å². The van der Waals surface area contributed by atoms with Crippen molar-refractivity contribution >= 4 is 9.24 Å². The van der Waals surface area contributed by atoms with Crippen LogP contribution in [0.5, 0.6) is 0 Å². The normalized spacial score (nSPS) is 14.5. The van der Waals surface area contributed by atoms with Crippen LogP contribution >= 0.6 is 9.24 Å². The maximum Gasteiger partial charge on any atom is 0.118 e. The van der Waals surface area contributed by atoms with Crippen molar-refractivity contribution in [2.24, 2.45) is 0 Å². The van der Waals surface area contributed by atoms with E-state index in [1.165, 1.54) is 0 Å². The Morgan fingerprint density at radius 3 is 2.50 bits per heavy atom. The van der Waals surface area contributed by atoms with Gasteiger partial charge in [0, 0.05) is 0 Å². The van der Waals surface area contributed by atoms with E-state index in [0.717, 1.165) is 6.54 Å². The van der Waals surface area contributed by atoms with Gasteiger partial charge in [-0.3, -0.25) is 5.32 Å². The maximum atomic E-state index is 8.40. The molecule has 2 N–H and O–H groups in total. The zero-order chi connectivity index (χ0) is 4.99. The van der Waals surface area contributed by atoms with Crippen LogP contribution in [-0.2, 0) is 0 Å². The summed E-state index contributed by atoms with van der Waals surface area (Å²) in [4.78, 5) is 0. The van der Waals surface area contributed by atoms with Crippen molar-refractivity contribution in [2.45, 2.75) is 12.9 Å². The Balaban J connectivity index is 2.63. The Kier molecular flexibility index (Phi) is 3.74. The predicted molar refractivity (Wildman–Crippen MR) is 29.4 cm³/mol. The Morgan fingerprint density at radius 2 is 2.50 bits per heavy atom. The lowest BCUT2D eigenvalue weighted by Gasteiger charge is -1.99. The molecule has 0 aromatic heterocycles. The highest BCUT2D eigenvalue weighted by atomic mass is 31.0. The molecular formula is C3H10NOP. The quantitative estimate of drug-likeness (QED) is 0.376. The van der Waals surface area contributed by atoms with Gasteiger partial charge < -0.3 is 5.11 Å². The summed E-state index contributed by atoms with van der Waals surface area (Å²) in [7, 11) is 2.22. The first-order valence-electron chi connectivity index (χ1n) is 1.94. The number of nitrogens with one attached hydrogen (secondary N) is 1. The molecule has 0 radical (unpaired) electrons. The van der Waals surface area contributed by atoms with Crippen LogP contribution in [0.25, 0.3) is 0 Å². The summed E-state index contributed by atoms with van der Waals surface area (Å²) in [6.07, 6.45) is 0. The van der Waals surface area contributed by atoms with E-state index in [1.54, 1.807) is 0 Å². The summed E-state index contributed by atoms with van der Waals surface area (Å²) in [5.74, 6) is -0.435. The average molecular weight is 107 g/mol. The minimum Gasteiger partial charge on any atom is -0.375 e. The topological polar surface area (TPSA) is 32.3 Å². The summed E-state index contributed by atoms with van der Waals surface area (Å²) in [5.41, 5.74) is 0. The zero-order valence-corrected chi connectivity index (χ0v) is 4.96. The highest BCUT2D eigenvalue weighted by molar-refractivity contribution is 7.17. The molecule has 0 aliphatic rings. The predicted octanol–water partition coefficient (Wildman–Crippen LogP) is -0.253. The largest absolute Gasteiger partial charge is 0.375 e. The van der Waals surface area contributed by atoms with Gasteiger partial charge in [-0.05, 0) is 6.54 Å². The van der Waals surface area contributed by atoms with Crippen LogP contribution in [-0.4, -0.2) is 17.6 Å². The van der Waals surface area contributed by atoms with Gasteiger partial charge in [0.05, 0.1) is 0 Å². The van der Waals surface area contributed by atoms with Crippen molar-refractivity contribution in [3.8, 4) is 0 Å². The summed E-state index contributed by atoms with van der Waals surface area (Å²) in [6.45, 7) is 2.75. The number of hydrogen-bond acceptors (Lipinski definition) is 2. The molecule has 3 heteroatoms. The van der Waals surface area contributed by atoms with Gasteiger partial charge in [-0.15, -0.1) is 0 Å². The number of rotatable bonds is 2. The lowest BCUT2D eigenvalue weighted by atomic mass is 10.8. The fraction of sp³-hybridized carbons (Fsp3) is 1.00. The molecule has 2 unspecified atom stereocenters. The molecule has 0 rings (SSSR count). The molecule has 0 aromatic carbocycles. The molecule has 0 spiro atoms. The van der Waals surface area contributed by atoms with E-state index in [0.29, 0.717) is 0 Å². The van der Waals surface area contributed by atoms with Crippen LogP contribution in [0.1, 0.15) is 6.92 Å². The zero-order valence-electron chi connectivity index (χ0n) is 3.81. The Morgan fingerprint density at radius 1 is 2.00 bits per heavy atom. The van der Waals surface area contributed by atoms with Gasteiger partial charge in [-0.25, -0.2) is 0 Å². The summed E-state index contributed by atoms with van der Waals surface area (Å²) < 4.78 is 0. The van der Waals surface area contributed by atoms with Crippen LogP contribution in [0.15, 0.2) is 0 Å². The maximum absolute atomic E-state index is 8.40. The minimum absolute atomic E-state index is 0.435. The third-order valence-corrected chi connectivity index (χ3v) is 0.649. The highest BCUT2D eigenvalue weighted by Crippen LogP contribution is 1.84. The number of aliphatic hydroxyl groups is 1. The first-order valence-corrected chi connectivity index (χ1v) is 2.61. The Hall–Kier alpha value is 0.350. The van der Waals surface area contributed by atoms with Gasteiger partial charge in [0.25, 0.3) is 0 Å². The third kappa shape index (κ3) is 4.35.